The fourth-order valence-corrected chi connectivity index (χ4v) is 4.02. The molecule has 2 aliphatic heterocycles. The molecule has 4 rings (SSSR count). The van der Waals surface area contributed by atoms with Gasteiger partial charge in [0.05, 0.1) is 18.6 Å². The lowest BCUT2D eigenvalue weighted by molar-refractivity contribution is -0.137. The number of benzene rings is 2. The summed E-state index contributed by atoms with van der Waals surface area (Å²) in [6, 6.07) is 19.9. The summed E-state index contributed by atoms with van der Waals surface area (Å²) >= 11 is 0. The molecule has 158 valence electrons. The lowest BCUT2D eigenvalue weighted by Crippen LogP contribution is -2.75. The van der Waals surface area contributed by atoms with Gasteiger partial charge in [-0.2, -0.15) is 0 Å². The largest absolute Gasteiger partial charge is 0.325 e. The van der Waals surface area contributed by atoms with E-state index >= 15 is 0 Å². The molecule has 2 aliphatic rings. The number of carbonyl (C=O) groups is 2. The van der Waals surface area contributed by atoms with Gasteiger partial charge in [-0.05, 0) is 30.9 Å². The third kappa shape index (κ3) is 4.87. The van der Waals surface area contributed by atoms with Crippen molar-refractivity contribution in [3.8, 4) is 0 Å². The van der Waals surface area contributed by atoms with Crippen molar-refractivity contribution in [3.63, 3.8) is 0 Å². The molecule has 2 saturated heterocycles. The van der Waals surface area contributed by atoms with Gasteiger partial charge in [0.15, 0.2) is 0 Å². The molecule has 2 heterocycles. The van der Waals surface area contributed by atoms with Gasteiger partial charge in [0.2, 0.25) is 5.91 Å². The van der Waals surface area contributed by atoms with E-state index in [4.69, 9.17) is 0 Å². The number of carbonyl (C=O) groups excluding carboxylic acids is 2. The average molecular weight is 408 g/mol. The standard InChI is InChI=1S/C23H29N5O2/c1-16(12-13-17-8-4-2-5-9-17)25-22-24-14-19-20(26-22)27-23(30)28(21(19)29)15-18-10-6-3-7-11-18/h2-11,16,19-20,22,24-26H,12-15H2,1H3,(H,27,30). The molecule has 7 nitrogen and oxygen atoms in total. The van der Waals surface area contributed by atoms with Crippen LogP contribution in [0.4, 0.5) is 4.79 Å². The molecule has 0 aromatic heterocycles. The Hall–Kier alpha value is -2.74. The third-order valence-corrected chi connectivity index (χ3v) is 5.74. The smallest absolute Gasteiger partial charge is 0.321 e. The number of amides is 3. The summed E-state index contributed by atoms with van der Waals surface area (Å²) in [5.74, 6) is -0.479. The van der Waals surface area contributed by atoms with Crippen molar-refractivity contribution in [2.45, 2.75) is 44.8 Å². The van der Waals surface area contributed by atoms with Crippen LogP contribution < -0.4 is 21.3 Å². The Labute approximate surface area is 177 Å². The molecule has 0 bridgehead atoms. The maximum atomic E-state index is 12.9. The molecule has 2 aromatic carbocycles. The number of urea groups is 1. The van der Waals surface area contributed by atoms with Crippen LogP contribution in [-0.4, -0.2) is 41.9 Å². The summed E-state index contributed by atoms with van der Waals surface area (Å²) in [6.07, 6.45) is 1.45. The zero-order valence-electron chi connectivity index (χ0n) is 17.2. The third-order valence-electron chi connectivity index (χ3n) is 5.74. The van der Waals surface area contributed by atoms with Gasteiger partial charge in [0.1, 0.15) is 6.29 Å². The molecule has 0 radical (unpaired) electrons. The van der Waals surface area contributed by atoms with Crippen LogP contribution in [0.1, 0.15) is 24.5 Å². The number of imide groups is 1. The van der Waals surface area contributed by atoms with Gasteiger partial charge in [-0.25, -0.2) is 4.79 Å². The highest BCUT2D eigenvalue weighted by molar-refractivity contribution is 5.98. The van der Waals surface area contributed by atoms with Crippen LogP contribution in [0.3, 0.4) is 0 Å². The highest BCUT2D eigenvalue weighted by Crippen LogP contribution is 2.19. The Balaban J connectivity index is 1.29. The summed E-state index contributed by atoms with van der Waals surface area (Å²) in [6.45, 7) is 2.93. The Kier molecular flexibility index (Phi) is 6.42. The topological polar surface area (TPSA) is 85.5 Å². The molecule has 4 atom stereocenters. The van der Waals surface area contributed by atoms with Gasteiger partial charge in [0.25, 0.3) is 0 Å². The highest BCUT2D eigenvalue weighted by atomic mass is 16.2. The molecule has 2 fully saturated rings. The summed E-state index contributed by atoms with van der Waals surface area (Å²) in [5.41, 5.74) is 2.25. The number of hydrogen-bond acceptors (Lipinski definition) is 5. The van der Waals surface area contributed by atoms with Crippen molar-refractivity contribution in [1.82, 2.24) is 26.2 Å². The van der Waals surface area contributed by atoms with Gasteiger partial charge >= 0.3 is 6.03 Å². The Bertz CT molecular complexity index is 860. The maximum Gasteiger partial charge on any atom is 0.325 e. The number of aryl methyl sites for hydroxylation is 1. The molecule has 4 unspecified atom stereocenters. The van der Waals surface area contributed by atoms with E-state index in [1.165, 1.54) is 10.5 Å². The minimum atomic E-state index is -0.378. The van der Waals surface area contributed by atoms with Gasteiger partial charge in [0, 0.05) is 12.6 Å². The lowest BCUT2D eigenvalue weighted by Gasteiger charge is -2.44. The van der Waals surface area contributed by atoms with E-state index in [0.29, 0.717) is 6.54 Å². The second-order valence-corrected chi connectivity index (χ2v) is 8.04. The zero-order valence-corrected chi connectivity index (χ0v) is 17.2. The van der Waals surface area contributed by atoms with E-state index in [9.17, 15) is 9.59 Å². The summed E-state index contributed by atoms with van der Waals surface area (Å²) in [4.78, 5) is 26.8. The summed E-state index contributed by atoms with van der Waals surface area (Å²) < 4.78 is 0. The quantitative estimate of drug-likeness (QED) is 0.562. The van der Waals surface area contributed by atoms with Crippen LogP contribution >= 0.6 is 0 Å². The second-order valence-electron chi connectivity index (χ2n) is 8.04. The fraction of sp³-hybridized carbons (Fsp3) is 0.391. The van der Waals surface area contributed by atoms with E-state index in [1.807, 2.05) is 36.4 Å². The lowest BCUT2D eigenvalue weighted by atomic mass is 9.99. The molecule has 4 N–H and O–H groups in total. The highest BCUT2D eigenvalue weighted by Gasteiger charge is 2.44. The van der Waals surface area contributed by atoms with E-state index in [0.717, 1.165) is 18.4 Å². The maximum absolute atomic E-state index is 12.9. The van der Waals surface area contributed by atoms with Crippen LogP contribution in [0.2, 0.25) is 0 Å². The number of hydrogen-bond donors (Lipinski definition) is 4. The predicted molar refractivity (Wildman–Crippen MR) is 115 cm³/mol. The summed E-state index contributed by atoms with van der Waals surface area (Å²) in [7, 11) is 0. The average Bonchev–Trinajstić information content (AvgIpc) is 2.76. The van der Waals surface area contributed by atoms with Crippen LogP contribution in [0.25, 0.3) is 0 Å². The first-order valence-corrected chi connectivity index (χ1v) is 10.6. The van der Waals surface area contributed by atoms with Crippen LogP contribution in [0, 0.1) is 5.92 Å². The Morgan fingerprint density at radius 1 is 1.03 bits per heavy atom. The molecule has 3 amide bonds. The number of rotatable bonds is 7. The number of nitrogens with zero attached hydrogens (tertiary/aromatic N) is 1. The van der Waals surface area contributed by atoms with Gasteiger partial charge in [-0.15, -0.1) is 0 Å². The Morgan fingerprint density at radius 3 is 2.40 bits per heavy atom. The zero-order chi connectivity index (χ0) is 20.9. The first-order chi connectivity index (χ1) is 14.6. The molecule has 2 aromatic rings. The molecular formula is C23H29N5O2. The summed E-state index contributed by atoms with van der Waals surface area (Å²) in [5, 5.41) is 13.1. The number of fused-ring (bicyclic) bond motifs is 1. The Morgan fingerprint density at radius 2 is 1.70 bits per heavy atom. The van der Waals surface area contributed by atoms with E-state index in [-0.39, 0.29) is 42.9 Å². The van der Waals surface area contributed by atoms with Gasteiger partial charge in [-0.3, -0.25) is 25.6 Å². The molecule has 0 aliphatic carbocycles. The second kappa shape index (κ2) is 9.38. The first kappa shape index (κ1) is 20.5. The van der Waals surface area contributed by atoms with Crippen LogP contribution in [0.5, 0.6) is 0 Å². The van der Waals surface area contributed by atoms with Crippen LogP contribution in [0.15, 0.2) is 60.7 Å². The van der Waals surface area contributed by atoms with E-state index < -0.39 is 0 Å². The molecule has 30 heavy (non-hydrogen) atoms. The monoisotopic (exact) mass is 407 g/mol. The molecule has 7 heteroatoms. The first-order valence-electron chi connectivity index (χ1n) is 10.6. The molecule has 0 saturated carbocycles. The van der Waals surface area contributed by atoms with Crippen molar-refractivity contribution >= 4 is 11.9 Å². The minimum absolute atomic E-state index is 0.150. The van der Waals surface area contributed by atoms with Crippen molar-refractivity contribution in [2.75, 3.05) is 6.54 Å². The minimum Gasteiger partial charge on any atom is -0.321 e. The van der Waals surface area contributed by atoms with E-state index in [1.54, 1.807) is 0 Å². The van der Waals surface area contributed by atoms with Crippen molar-refractivity contribution in [3.05, 3.63) is 71.8 Å². The fourth-order valence-electron chi connectivity index (χ4n) is 4.02. The van der Waals surface area contributed by atoms with Crippen molar-refractivity contribution in [2.24, 2.45) is 5.92 Å². The van der Waals surface area contributed by atoms with Gasteiger partial charge < -0.3 is 5.32 Å². The number of nitrogens with one attached hydrogen (secondary N) is 4. The molecular weight excluding hydrogens is 378 g/mol. The van der Waals surface area contributed by atoms with Crippen molar-refractivity contribution in [1.29, 1.82) is 0 Å². The SMILES string of the molecule is CC(CCc1ccccc1)NC1NCC2C(=O)N(Cc3ccccc3)C(=O)NC2N1. The van der Waals surface area contributed by atoms with Gasteiger partial charge in [-0.1, -0.05) is 60.7 Å². The van der Waals surface area contributed by atoms with Crippen molar-refractivity contribution < 1.29 is 9.59 Å². The normalized spacial score (nSPS) is 24.8. The van der Waals surface area contributed by atoms with Crippen LogP contribution in [-0.2, 0) is 17.8 Å². The molecule has 0 spiro atoms. The predicted octanol–water partition coefficient (Wildman–Crippen LogP) is 1.77. The van der Waals surface area contributed by atoms with E-state index in [2.05, 4.69) is 52.5 Å².